The number of halogens is 3. The molecule has 2 unspecified atom stereocenters. The molecule has 1 amide bonds. The molecule has 1 aromatic rings. The van der Waals surface area contributed by atoms with E-state index in [0.29, 0.717) is 13.1 Å². The van der Waals surface area contributed by atoms with Crippen LogP contribution in [0.2, 0.25) is 0 Å². The molecule has 2 rings (SSSR count). The fraction of sp³-hybridized carbons (Fsp3) is 0.632. The normalized spacial score (nSPS) is 19.8. The van der Waals surface area contributed by atoms with E-state index in [2.05, 4.69) is 0 Å². The van der Waals surface area contributed by atoms with Crippen LogP contribution < -0.4 is 4.74 Å². The largest absolute Gasteiger partial charge is 0.490 e. The lowest BCUT2D eigenvalue weighted by Gasteiger charge is -2.36. The maximum Gasteiger partial charge on any atom is 0.419 e. The zero-order chi connectivity index (χ0) is 19.5. The van der Waals surface area contributed by atoms with Crippen LogP contribution in [0.3, 0.4) is 0 Å². The van der Waals surface area contributed by atoms with Crippen LogP contribution in [0.1, 0.15) is 46.1 Å². The molecule has 0 aromatic heterocycles. The summed E-state index contributed by atoms with van der Waals surface area (Å²) in [4.78, 5) is 13.8. The van der Waals surface area contributed by atoms with E-state index >= 15 is 0 Å². The smallest absolute Gasteiger partial charge is 0.419 e. The Hall–Kier alpha value is -1.92. The maximum absolute atomic E-state index is 13.1. The molecule has 1 heterocycles. The van der Waals surface area contributed by atoms with E-state index in [1.54, 1.807) is 32.6 Å². The highest BCUT2D eigenvalue weighted by Gasteiger charge is 2.36. The predicted octanol–water partition coefficient (Wildman–Crippen LogP) is 5.12. The molecule has 0 N–H and O–H groups in total. The Bertz CT molecular complexity index is 625. The highest BCUT2D eigenvalue weighted by atomic mass is 19.4. The number of ether oxygens (including phenoxy) is 2. The second kappa shape index (κ2) is 7.76. The van der Waals surface area contributed by atoms with E-state index < -0.39 is 29.5 Å². The van der Waals surface area contributed by atoms with Crippen molar-refractivity contribution in [3.05, 3.63) is 29.8 Å². The minimum absolute atomic E-state index is 0.0578. The highest BCUT2D eigenvalue weighted by molar-refractivity contribution is 5.68. The zero-order valence-corrected chi connectivity index (χ0v) is 15.6. The number of alkyl halides is 3. The summed E-state index contributed by atoms with van der Waals surface area (Å²) in [5.41, 5.74) is -1.37. The van der Waals surface area contributed by atoms with Gasteiger partial charge in [0.25, 0.3) is 0 Å². The van der Waals surface area contributed by atoms with Gasteiger partial charge >= 0.3 is 12.3 Å². The molecule has 1 aliphatic rings. The Balaban J connectivity index is 2.04. The SMILES string of the molecule is CC(Oc1ccccc1C(F)(F)F)C1CCCN(C(=O)OC(C)(C)C)C1. The van der Waals surface area contributed by atoms with Crippen LogP contribution in [-0.2, 0) is 10.9 Å². The second-order valence-electron chi connectivity index (χ2n) is 7.65. The summed E-state index contributed by atoms with van der Waals surface area (Å²) in [6.45, 7) is 8.13. The van der Waals surface area contributed by atoms with Crippen molar-refractivity contribution in [1.82, 2.24) is 4.90 Å². The summed E-state index contributed by atoms with van der Waals surface area (Å²) >= 11 is 0. The molecule has 0 saturated carbocycles. The fourth-order valence-corrected chi connectivity index (χ4v) is 2.99. The maximum atomic E-state index is 13.1. The van der Waals surface area contributed by atoms with Gasteiger partial charge in [0.2, 0.25) is 0 Å². The van der Waals surface area contributed by atoms with E-state index in [4.69, 9.17) is 9.47 Å². The molecular formula is C19H26F3NO3. The van der Waals surface area contributed by atoms with E-state index in [0.717, 1.165) is 18.9 Å². The van der Waals surface area contributed by atoms with Gasteiger partial charge in [-0.1, -0.05) is 12.1 Å². The van der Waals surface area contributed by atoms with Crippen molar-refractivity contribution in [2.45, 2.75) is 58.4 Å². The Labute approximate surface area is 152 Å². The summed E-state index contributed by atoms with van der Waals surface area (Å²) < 4.78 is 50.4. The molecule has 26 heavy (non-hydrogen) atoms. The summed E-state index contributed by atoms with van der Waals surface area (Å²) in [6.07, 6.45) is -3.77. The van der Waals surface area contributed by atoms with Gasteiger partial charge in [-0.2, -0.15) is 13.2 Å². The number of piperidine rings is 1. The molecule has 2 atom stereocenters. The third-order valence-corrected chi connectivity index (χ3v) is 4.28. The van der Waals surface area contributed by atoms with E-state index in [1.165, 1.54) is 18.2 Å². The van der Waals surface area contributed by atoms with Crippen LogP contribution in [0, 0.1) is 5.92 Å². The van der Waals surface area contributed by atoms with E-state index in [9.17, 15) is 18.0 Å². The van der Waals surface area contributed by atoms with Gasteiger partial charge in [0.05, 0.1) is 5.56 Å². The molecule has 146 valence electrons. The Morgan fingerprint density at radius 2 is 1.88 bits per heavy atom. The zero-order valence-electron chi connectivity index (χ0n) is 15.6. The highest BCUT2D eigenvalue weighted by Crippen LogP contribution is 2.37. The van der Waals surface area contributed by atoms with Crippen LogP contribution in [-0.4, -0.2) is 35.8 Å². The van der Waals surface area contributed by atoms with Crippen LogP contribution in [0.5, 0.6) is 5.75 Å². The molecule has 7 heteroatoms. The van der Waals surface area contributed by atoms with Crippen molar-refractivity contribution < 1.29 is 27.4 Å². The Kier molecular flexibility index (Phi) is 6.09. The van der Waals surface area contributed by atoms with Crippen molar-refractivity contribution in [2.75, 3.05) is 13.1 Å². The molecular weight excluding hydrogens is 347 g/mol. The quantitative estimate of drug-likeness (QED) is 0.738. The summed E-state index contributed by atoms with van der Waals surface area (Å²) in [6, 6.07) is 5.19. The number of benzene rings is 1. The van der Waals surface area contributed by atoms with Crippen molar-refractivity contribution in [3.8, 4) is 5.75 Å². The fourth-order valence-electron chi connectivity index (χ4n) is 2.99. The van der Waals surface area contributed by atoms with Gasteiger partial charge in [-0.15, -0.1) is 0 Å². The average molecular weight is 373 g/mol. The monoisotopic (exact) mass is 373 g/mol. The lowest BCUT2D eigenvalue weighted by atomic mass is 9.93. The third-order valence-electron chi connectivity index (χ3n) is 4.28. The summed E-state index contributed by atoms with van der Waals surface area (Å²) in [5, 5.41) is 0. The number of carbonyl (C=O) groups is 1. The lowest BCUT2D eigenvalue weighted by Crippen LogP contribution is -2.46. The van der Waals surface area contributed by atoms with Gasteiger partial charge in [-0.25, -0.2) is 4.79 Å². The van der Waals surface area contributed by atoms with Crippen LogP contribution in [0.15, 0.2) is 24.3 Å². The van der Waals surface area contributed by atoms with Crippen molar-refractivity contribution >= 4 is 6.09 Å². The van der Waals surface area contributed by atoms with Gasteiger partial charge in [0, 0.05) is 19.0 Å². The molecule has 0 spiro atoms. The van der Waals surface area contributed by atoms with Crippen molar-refractivity contribution in [3.63, 3.8) is 0 Å². The first kappa shape index (κ1) is 20.4. The molecule has 0 radical (unpaired) electrons. The predicted molar refractivity (Wildman–Crippen MR) is 92.1 cm³/mol. The van der Waals surface area contributed by atoms with Gasteiger partial charge in [0.1, 0.15) is 17.5 Å². The van der Waals surface area contributed by atoms with Gasteiger partial charge in [-0.3, -0.25) is 0 Å². The summed E-state index contributed by atoms with van der Waals surface area (Å²) in [5.74, 6) is -0.237. The number of hydrogen-bond acceptors (Lipinski definition) is 3. The minimum atomic E-state index is -4.47. The average Bonchev–Trinajstić information content (AvgIpc) is 2.53. The van der Waals surface area contributed by atoms with Crippen LogP contribution in [0.4, 0.5) is 18.0 Å². The first-order chi connectivity index (χ1) is 12.0. The number of hydrogen-bond donors (Lipinski definition) is 0. The minimum Gasteiger partial charge on any atom is -0.490 e. The molecule has 1 saturated heterocycles. The number of amides is 1. The Morgan fingerprint density at radius 1 is 1.23 bits per heavy atom. The van der Waals surface area contributed by atoms with Crippen molar-refractivity contribution in [2.24, 2.45) is 5.92 Å². The number of para-hydroxylation sites is 1. The van der Waals surface area contributed by atoms with Gasteiger partial charge in [-0.05, 0) is 52.7 Å². The van der Waals surface area contributed by atoms with Crippen LogP contribution >= 0.6 is 0 Å². The van der Waals surface area contributed by atoms with E-state index in [1.807, 2.05) is 0 Å². The molecule has 1 aromatic carbocycles. The first-order valence-corrected chi connectivity index (χ1v) is 8.78. The number of likely N-dealkylation sites (tertiary alicyclic amines) is 1. The van der Waals surface area contributed by atoms with Crippen LogP contribution in [0.25, 0.3) is 0 Å². The van der Waals surface area contributed by atoms with Crippen molar-refractivity contribution in [1.29, 1.82) is 0 Å². The first-order valence-electron chi connectivity index (χ1n) is 8.78. The second-order valence-corrected chi connectivity index (χ2v) is 7.65. The Morgan fingerprint density at radius 3 is 2.50 bits per heavy atom. The topological polar surface area (TPSA) is 38.8 Å². The molecule has 0 bridgehead atoms. The number of nitrogens with zero attached hydrogens (tertiary/aromatic N) is 1. The van der Waals surface area contributed by atoms with Gasteiger partial charge < -0.3 is 14.4 Å². The van der Waals surface area contributed by atoms with E-state index in [-0.39, 0.29) is 11.7 Å². The summed E-state index contributed by atoms with van der Waals surface area (Å²) in [7, 11) is 0. The molecule has 1 aliphatic heterocycles. The number of rotatable bonds is 3. The third kappa shape index (κ3) is 5.54. The van der Waals surface area contributed by atoms with Gasteiger partial charge in [0.15, 0.2) is 0 Å². The molecule has 0 aliphatic carbocycles. The molecule has 4 nitrogen and oxygen atoms in total. The standard InChI is InChI=1S/C19H26F3NO3/c1-13(25-16-10-6-5-9-15(16)19(20,21)22)14-8-7-11-23(12-14)17(24)26-18(2,3)4/h5-6,9-10,13-14H,7-8,11-12H2,1-4H3. The number of carbonyl (C=O) groups excluding carboxylic acids is 1. The molecule has 1 fully saturated rings. The lowest BCUT2D eigenvalue weighted by molar-refractivity contribution is -0.139.